The molecule has 1 aliphatic rings. The van der Waals surface area contributed by atoms with Crippen molar-refractivity contribution in [1.82, 2.24) is 19.8 Å². The molecule has 3 heterocycles. The highest BCUT2D eigenvalue weighted by Crippen LogP contribution is 2.21. The molecule has 0 N–H and O–H groups in total. The second-order valence-electron chi connectivity index (χ2n) is 6.44. The molecule has 5 nitrogen and oxygen atoms in total. The molecule has 6 heteroatoms. The molecule has 3 rings (SSSR count). The fourth-order valence-electron chi connectivity index (χ4n) is 3.17. The van der Waals surface area contributed by atoms with E-state index in [0.717, 1.165) is 42.0 Å². The lowest BCUT2D eigenvalue weighted by Crippen LogP contribution is -2.49. The molecule has 0 aliphatic carbocycles. The van der Waals surface area contributed by atoms with E-state index in [1.54, 1.807) is 6.20 Å². The molecule has 0 saturated carbocycles. The number of rotatable bonds is 4. The van der Waals surface area contributed by atoms with Crippen molar-refractivity contribution < 1.29 is 4.79 Å². The minimum atomic E-state index is 0.146. The Labute approximate surface area is 157 Å². The summed E-state index contributed by atoms with van der Waals surface area (Å²) in [5, 5.41) is 0. The predicted molar refractivity (Wildman–Crippen MR) is 101 cm³/mol. The molecule has 132 valence electrons. The standard InChI is InChI=1S/C19H23BrN4O/c1-14-5-6-17(20)18(22-14)12-19(25)24-10-8-23(9-11-24)15(2)16-4-3-7-21-13-16/h3-7,13,15H,8-12H2,1-2H3/t15-/m1/s1. The number of carbonyl (C=O) groups is 1. The molecule has 0 spiro atoms. The first-order valence-corrected chi connectivity index (χ1v) is 9.37. The van der Waals surface area contributed by atoms with E-state index in [1.165, 1.54) is 5.56 Å². The lowest BCUT2D eigenvalue weighted by atomic mass is 10.1. The SMILES string of the molecule is Cc1ccc(Br)c(CC(=O)N2CCN([C@H](C)c3cccnc3)CC2)n1. The van der Waals surface area contributed by atoms with Gasteiger partial charge < -0.3 is 4.90 Å². The van der Waals surface area contributed by atoms with Gasteiger partial charge in [0.25, 0.3) is 0 Å². The number of piperazine rings is 1. The maximum absolute atomic E-state index is 12.6. The van der Waals surface area contributed by atoms with E-state index >= 15 is 0 Å². The summed E-state index contributed by atoms with van der Waals surface area (Å²) in [5.41, 5.74) is 2.97. The van der Waals surface area contributed by atoms with Crippen molar-refractivity contribution in [3.05, 3.63) is 58.1 Å². The van der Waals surface area contributed by atoms with Gasteiger partial charge in [-0.05, 0) is 53.5 Å². The zero-order valence-electron chi connectivity index (χ0n) is 14.7. The molecule has 0 radical (unpaired) electrons. The van der Waals surface area contributed by atoms with Gasteiger partial charge in [0.05, 0.1) is 12.1 Å². The van der Waals surface area contributed by atoms with E-state index in [4.69, 9.17) is 0 Å². The number of aromatic nitrogens is 2. The van der Waals surface area contributed by atoms with Gasteiger partial charge in [-0.25, -0.2) is 0 Å². The van der Waals surface area contributed by atoms with Gasteiger partial charge in [-0.1, -0.05) is 6.07 Å². The van der Waals surface area contributed by atoms with Crippen LogP contribution in [0.4, 0.5) is 0 Å². The average Bonchev–Trinajstić information content (AvgIpc) is 2.65. The minimum Gasteiger partial charge on any atom is -0.340 e. The monoisotopic (exact) mass is 402 g/mol. The molecule has 0 bridgehead atoms. The first kappa shape index (κ1) is 18.0. The quantitative estimate of drug-likeness (QED) is 0.788. The number of halogens is 1. The summed E-state index contributed by atoms with van der Waals surface area (Å²) in [7, 11) is 0. The Morgan fingerprint density at radius 1 is 1.24 bits per heavy atom. The van der Waals surface area contributed by atoms with Gasteiger partial charge in [0, 0.05) is 54.8 Å². The van der Waals surface area contributed by atoms with Crippen LogP contribution in [0, 0.1) is 6.92 Å². The Morgan fingerprint density at radius 3 is 2.68 bits per heavy atom. The number of nitrogens with zero attached hydrogens (tertiary/aromatic N) is 4. The summed E-state index contributed by atoms with van der Waals surface area (Å²) in [4.78, 5) is 25.6. The smallest absolute Gasteiger partial charge is 0.228 e. The topological polar surface area (TPSA) is 49.3 Å². The zero-order valence-corrected chi connectivity index (χ0v) is 16.2. The molecular formula is C19H23BrN4O. The van der Waals surface area contributed by atoms with E-state index < -0.39 is 0 Å². The summed E-state index contributed by atoms with van der Waals surface area (Å²) in [5.74, 6) is 0.146. The number of amides is 1. The highest BCUT2D eigenvalue weighted by molar-refractivity contribution is 9.10. The molecule has 2 aromatic rings. The Morgan fingerprint density at radius 2 is 2.00 bits per heavy atom. The van der Waals surface area contributed by atoms with E-state index in [-0.39, 0.29) is 5.91 Å². The largest absolute Gasteiger partial charge is 0.340 e. The van der Waals surface area contributed by atoms with Crippen molar-refractivity contribution in [3.8, 4) is 0 Å². The predicted octanol–water partition coefficient (Wildman–Crippen LogP) is 3.00. The summed E-state index contributed by atoms with van der Waals surface area (Å²) in [6.07, 6.45) is 4.06. The van der Waals surface area contributed by atoms with Crippen molar-refractivity contribution in [3.63, 3.8) is 0 Å². The number of pyridine rings is 2. The number of hydrogen-bond acceptors (Lipinski definition) is 4. The summed E-state index contributed by atoms with van der Waals surface area (Å²) >= 11 is 3.49. The van der Waals surface area contributed by atoms with Crippen LogP contribution in [0.15, 0.2) is 41.1 Å². The zero-order chi connectivity index (χ0) is 17.8. The molecule has 1 fully saturated rings. The number of carbonyl (C=O) groups excluding carboxylic acids is 1. The highest BCUT2D eigenvalue weighted by atomic mass is 79.9. The first-order chi connectivity index (χ1) is 12.0. The fourth-order valence-corrected chi connectivity index (χ4v) is 3.53. The van der Waals surface area contributed by atoms with Crippen LogP contribution >= 0.6 is 15.9 Å². The third-order valence-electron chi connectivity index (χ3n) is 4.76. The van der Waals surface area contributed by atoms with Crippen LogP contribution < -0.4 is 0 Å². The van der Waals surface area contributed by atoms with Crippen molar-refractivity contribution in [2.45, 2.75) is 26.3 Å². The fraction of sp³-hybridized carbons (Fsp3) is 0.421. The molecule has 25 heavy (non-hydrogen) atoms. The second-order valence-corrected chi connectivity index (χ2v) is 7.29. The molecule has 0 unspecified atom stereocenters. The molecule has 2 aromatic heterocycles. The van der Waals surface area contributed by atoms with Gasteiger partial charge in [0.2, 0.25) is 5.91 Å². The van der Waals surface area contributed by atoms with Crippen LogP contribution in [0.2, 0.25) is 0 Å². The second kappa shape index (κ2) is 8.06. The summed E-state index contributed by atoms with van der Waals surface area (Å²) < 4.78 is 0.898. The van der Waals surface area contributed by atoms with Crippen LogP contribution in [-0.2, 0) is 11.2 Å². The van der Waals surface area contributed by atoms with Crippen molar-refractivity contribution in [1.29, 1.82) is 0 Å². The van der Waals surface area contributed by atoms with Crippen molar-refractivity contribution in [2.24, 2.45) is 0 Å². The molecule has 1 saturated heterocycles. The number of hydrogen-bond donors (Lipinski definition) is 0. The maximum Gasteiger partial charge on any atom is 0.228 e. The normalized spacial score (nSPS) is 16.7. The van der Waals surface area contributed by atoms with Crippen molar-refractivity contribution >= 4 is 21.8 Å². The third-order valence-corrected chi connectivity index (χ3v) is 5.48. The van der Waals surface area contributed by atoms with E-state index in [0.29, 0.717) is 12.5 Å². The highest BCUT2D eigenvalue weighted by Gasteiger charge is 2.25. The van der Waals surface area contributed by atoms with Crippen LogP contribution in [0.1, 0.15) is 29.9 Å². The van der Waals surface area contributed by atoms with E-state index in [9.17, 15) is 4.79 Å². The minimum absolute atomic E-state index is 0.146. The molecule has 1 aliphatic heterocycles. The Hall–Kier alpha value is -1.79. The lowest BCUT2D eigenvalue weighted by molar-refractivity contribution is -0.132. The van der Waals surface area contributed by atoms with Gasteiger partial charge >= 0.3 is 0 Å². The van der Waals surface area contributed by atoms with E-state index in [1.807, 2.05) is 36.2 Å². The van der Waals surface area contributed by atoms with Gasteiger partial charge in [-0.15, -0.1) is 0 Å². The van der Waals surface area contributed by atoms with Gasteiger partial charge in [0.15, 0.2) is 0 Å². The van der Waals surface area contributed by atoms with Crippen molar-refractivity contribution in [2.75, 3.05) is 26.2 Å². The maximum atomic E-state index is 12.6. The van der Waals surface area contributed by atoms with Gasteiger partial charge in [-0.3, -0.25) is 19.7 Å². The Kier molecular flexibility index (Phi) is 5.81. The molecular weight excluding hydrogens is 380 g/mol. The summed E-state index contributed by atoms with van der Waals surface area (Å²) in [6, 6.07) is 8.29. The molecule has 0 aromatic carbocycles. The van der Waals surface area contributed by atoms with Crippen LogP contribution in [0.3, 0.4) is 0 Å². The van der Waals surface area contributed by atoms with Gasteiger partial charge in [0.1, 0.15) is 0 Å². The van der Waals surface area contributed by atoms with Crippen LogP contribution in [0.5, 0.6) is 0 Å². The average molecular weight is 403 g/mol. The van der Waals surface area contributed by atoms with Crippen LogP contribution in [0.25, 0.3) is 0 Å². The van der Waals surface area contributed by atoms with E-state index in [2.05, 4.69) is 43.8 Å². The third kappa shape index (κ3) is 4.44. The summed E-state index contributed by atoms with van der Waals surface area (Å²) in [6.45, 7) is 7.41. The Bertz CT molecular complexity index is 729. The lowest BCUT2D eigenvalue weighted by Gasteiger charge is -2.38. The first-order valence-electron chi connectivity index (χ1n) is 8.58. The molecule has 1 amide bonds. The number of aryl methyl sites for hydroxylation is 1. The van der Waals surface area contributed by atoms with Gasteiger partial charge in [-0.2, -0.15) is 0 Å². The molecule has 1 atom stereocenters. The van der Waals surface area contributed by atoms with Crippen LogP contribution in [-0.4, -0.2) is 51.9 Å². The Balaban J connectivity index is 1.56.